The number of hydrogen-bond acceptors (Lipinski definition) is 6. The molecule has 2 unspecified atom stereocenters. The molecule has 2 aliphatic heterocycles. The topological polar surface area (TPSA) is 93.9 Å². The number of nitrogens with zero attached hydrogens (tertiary/aromatic N) is 1. The summed E-state index contributed by atoms with van der Waals surface area (Å²) in [5, 5.41) is 0.418. The lowest BCUT2D eigenvalue weighted by molar-refractivity contribution is 0.0662. The number of hydrogen-bond donors (Lipinski definition) is 0. The van der Waals surface area contributed by atoms with Crippen LogP contribution < -0.4 is 10.2 Å². The Morgan fingerprint density at radius 2 is 1.79 bits per heavy atom. The minimum Gasteiger partial charge on any atom is -0.494 e. The fraction of sp³-hybridized carbons (Fsp3) is 0.360. The van der Waals surface area contributed by atoms with Crippen LogP contribution in [0.25, 0.3) is 11.0 Å². The summed E-state index contributed by atoms with van der Waals surface area (Å²) in [6, 6.07) is 9.54. The number of benzene rings is 2. The molecule has 2 aliphatic rings. The summed E-state index contributed by atoms with van der Waals surface area (Å²) in [6.45, 7) is 6.25. The molecular formula is C25H25NO6S. The van der Waals surface area contributed by atoms with Gasteiger partial charge >= 0.3 is 0 Å². The zero-order chi connectivity index (χ0) is 23.5. The minimum atomic E-state index is -3.25. The molecular weight excluding hydrogens is 442 g/mol. The number of carbonyl (C=O) groups is 1. The molecule has 0 bridgehead atoms. The van der Waals surface area contributed by atoms with Gasteiger partial charge in [-0.05, 0) is 68.1 Å². The number of carbonyl (C=O) groups excluding carboxylic acids is 1. The number of ether oxygens (including phenoxy) is 1. The Balaban J connectivity index is 1.73. The van der Waals surface area contributed by atoms with Crippen LogP contribution in [0.2, 0.25) is 0 Å². The van der Waals surface area contributed by atoms with E-state index < -0.39 is 27.8 Å². The van der Waals surface area contributed by atoms with E-state index in [9.17, 15) is 18.0 Å². The second-order valence-corrected chi connectivity index (χ2v) is 11.0. The number of sulfone groups is 1. The number of amides is 1. The van der Waals surface area contributed by atoms with Gasteiger partial charge in [-0.25, -0.2) is 8.42 Å². The van der Waals surface area contributed by atoms with Crippen LogP contribution in [0.15, 0.2) is 45.6 Å². The smallest absolute Gasteiger partial charge is 0.291 e. The molecule has 0 saturated carbocycles. The van der Waals surface area contributed by atoms with Crippen molar-refractivity contribution in [3.63, 3.8) is 0 Å². The van der Waals surface area contributed by atoms with Crippen LogP contribution in [-0.4, -0.2) is 43.4 Å². The van der Waals surface area contributed by atoms with Crippen LogP contribution in [0.4, 0.5) is 0 Å². The highest BCUT2D eigenvalue weighted by atomic mass is 32.2. The Morgan fingerprint density at radius 3 is 2.42 bits per heavy atom. The standard InChI is InChI=1S/C25H25NO6S/c1-4-31-18-7-5-16(6-8-18)22-21-23(27)19-11-14(2)15(3)12-20(19)32-24(21)25(28)26(22)17-9-10-33(29,30)13-17/h5-8,11-12,17,22H,4,9-10,13H2,1-3H3. The van der Waals surface area contributed by atoms with E-state index in [-0.39, 0.29) is 28.3 Å². The lowest BCUT2D eigenvalue weighted by atomic mass is 9.96. The molecule has 0 radical (unpaired) electrons. The SMILES string of the molecule is CCOc1ccc(C2c3c(oc4cc(C)c(C)cc4c3=O)C(=O)N2C2CCS(=O)(=O)C2)cc1. The average Bonchev–Trinajstić information content (AvgIpc) is 3.27. The fourth-order valence-electron chi connectivity index (χ4n) is 4.86. The molecule has 3 aromatic rings. The first-order valence-corrected chi connectivity index (χ1v) is 12.9. The summed E-state index contributed by atoms with van der Waals surface area (Å²) < 4.78 is 36.0. The molecule has 5 rings (SSSR count). The van der Waals surface area contributed by atoms with Crippen LogP contribution >= 0.6 is 0 Å². The van der Waals surface area contributed by atoms with E-state index in [2.05, 4.69) is 0 Å². The molecule has 8 heteroatoms. The zero-order valence-corrected chi connectivity index (χ0v) is 19.6. The van der Waals surface area contributed by atoms with Gasteiger partial charge in [-0.2, -0.15) is 0 Å². The molecule has 1 aromatic heterocycles. The molecule has 0 spiro atoms. The van der Waals surface area contributed by atoms with Crippen molar-refractivity contribution in [3.8, 4) is 5.75 Å². The van der Waals surface area contributed by atoms with Crippen molar-refractivity contribution in [2.45, 2.75) is 39.3 Å². The van der Waals surface area contributed by atoms with E-state index in [1.54, 1.807) is 24.3 Å². The first-order chi connectivity index (χ1) is 15.7. The van der Waals surface area contributed by atoms with Gasteiger partial charge in [0.05, 0.1) is 35.1 Å². The first kappa shape index (κ1) is 21.7. The van der Waals surface area contributed by atoms with Gasteiger partial charge in [0.25, 0.3) is 5.91 Å². The third-order valence-corrected chi connectivity index (χ3v) is 8.38. The maximum Gasteiger partial charge on any atom is 0.291 e. The Labute approximate surface area is 191 Å². The van der Waals surface area contributed by atoms with Crippen LogP contribution in [0.1, 0.15) is 52.2 Å². The van der Waals surface area contributed by atoms with Gasteiger partial charge in [-0.15, -0.1) is 0 Å². The molecule has 1 fully saturated rings. The summed E-state index contributed by atoms with van der Waals surface area (Å²) in [4.78, 5) is 28.8. The van der Waals surface area contributed by atoms with Crippen LogP contribution in [0.5, 0.6) is 5.75 Å². The fourth-order valence-corrected chi connectivity index (χ4v) is 6.57. The quantitative estimate of drug-likeness (QED) is 0.583. The largest absolute Gasteiger partial charge is 0.494 e. The third-order valence-electron chi connectivity index (χ3n) is 6.63. The van der Waals surface area contributed by atoms with E-state index in [4.69, 9.17) is 9.15 Å². The highest BCUT2D eigenvalue weighted by molar-refractivity contribution is 7.91. The van der Waals surface area contributed by atoms with Crippen LogP contribution in [-0.2, 0) is 9.84 Å². The highest BCUT2D eigenvalue weighted by Gasteiger charge is 2.48. The van der Waals surface area contributed by atoms with Crippen molar-refractivity contribution in [3.05, 3.63) is 74.6 Å². The lowest BCUT2D eigenvalue weighted by Crippen LogP contribution is -2.40. The Kier molecular flexibility index (Phi) is 5.08. The van der Waals surface area contributed by atoms with Crippen molar-refractivity contribution < 1.29 is 22.4 Å². The van der Waals surface area contributed by atoms with Gasteiger partial charge in [0.1, 0.15) is 11.3 Å². The molecule has 1 saturated heterocycles. The molecule has 1 amide bonds. The predicted octanol–water partition coefficient (Wildman–Crippen LogP) is 3.54. The van der Waals surface area contributed by atoms with Crippen LogP contribution in [0, 0.1) is 13.8 Å². The van der Waals surface area contributed by atoms with Crippen molar-refractivity contribution >= 4 is 26.7 Å². The van der Waals surface area contributed by atoms with Gasteiger partial charge < -0.3 is 14.1 Å². The molecule has 172 valence electrons. The monoisotopic (exact) mass is 467 g/mol. The second-order valence-electron chi connectivity index (χ2n) is 8.78. The Morgan fingerprint density at radius 1 is 1.09 bits per heavy atom. The van der Waals surface area contributed by atoms with Crippen molar-refractivity contribution in [1.29, 1.82) is 0 Å². The van der Waals surface area contributed by atoms with Gasteiger partial charge in [0.2, 0.25) is 5.76 Å². The van der Waals surface area contributed by atoms with E-state index in [0.29, 0.717) is 35.3 Å². The third kappa shape index (κ3) is 3.53. The van der Waals surface area contributed by atoms with Gasteiger partial charge in [-0.3, -0.25) is 9.59 Å². The summed E-state index contributed by atoms with van der Waals surface area (Å²) in [5.41, 5.74) is 2.99. The first-order valence-electron chi connectivity index (χ1n) is 11.0. The summed E-state index contributed by atoms with van der Waals surface area (Å²) in [5.74, 6) is 0.140. The maximum absolute atomic E-state index is 13.7. The molecule has 0 aliphatic carbocycles. The number of rotatable bonds is 4. The molecule has 2 atom stereocenters. The summed E-state index contributed by atoms with van der Waals surface area (Å²) >= 11 is 0. The second kappa shape index (κ2) is 7.73. The molecule has 0 N–H and O–H groups in total. The summed E-state index contributed by atoms with van der Waals surface area (Å²) in [6.07, 6.45) is 0.335. The molecule has 7 nitrogen and oxygen atoms in total. The van der Waals surface area contributed by atoms with E-state index >= 15 is 0 Å². The lowest BCUT2D eigenvalue weighted by Gasteiger charge is -2.30. The van der Waals surface area contributed by atoms with Crippen molar-refractivity contribution in [1.82, 2.24) is 4.90 Å². The molecule has 3 heterocycles. The molecule has 33 heavy (non-hydrogen) atoms. The van der Waals surface area contributed by atoms with E-state index in [1.165, 1.54) is 4.90 Å². The normalized spacial score (nSPS) is 21.5. The van der Waals surface area contributed by atoms with Crippen LogP contribution in [0.3, 0.4) is 0 Å². The Bertz CT molecular complexity index is 1440. The van der Waals surface area contributed by atoms with Gasteiger partial charge in [0, 0.05) is 6.04 Å². The number of aryl methyl sites for hydroxylation is 2. The maximum atomic E-state index is 13.7. The summed E-state index contributed by atoms with van der Waals surface area (Å²) in [7, 11) is -3.25. The highest BCUT2D eigenvalue weighted by Crippen LogP contribution is 2.42. The average molecular weight is 468 g/mol. The molecule has 2 aromatic carbocycles. The minimum absolute atomic E-state index is 0.000985. The van der Waals surface area contributed by atoms with Crippen molar-refractivity contribution in [2.75, 3.05) is 18.1 Å². The predicted molar refractivity (Wildman–Crippen MR) is 125 cm³/mol. The van der Waals surface area contributed by atoms with E-state index in [1.807, 2.05) is 32.9 Å². The van der Waals surface area contributed by atoms with E-state index in [0.717, 1.165) is 11.1 Å². The van der Waals surface area contributed by atoms with Crippen molar-refractivity contribution in [2.24, 2.45) is 0 Å². The van der Waals surface area contributed by atoms with Gasteiger partial charge in [0.15, 0.2) is 15.3 Å². The van der Waals surface area contributed by atoms with Gasteiger partial charge in [-0.1, -0.05) is 12.1 Å². The Hall–Kier alpha value is -3.13. The number of fused-ring (bicyclic) bond motifs is 2. The zero-order valence-electron chi connectivity index (χ0n) is 18.8.